The van der Waals surface area contributed by atoms with Gasteiger partial charge in [0.1, 0.15) is 18.0 Å². The molecular weight excluding hydrogens is 748 g/mol. The van der Waals surface area contributed by atoms with Crippen LogP contribution in [0.3, 0.4) is 0 Å². The van der Waals surface area contributed by atoms with Crippen LogP contribution in [0.4, 0.5) is 0 Å². The van der Waals surface area contributed by atoms with Crippen LogP contribution < -0.4 is 14.2 Å². The standard InChI is InChI=1S/C40H54O6.2ClH.Ru/c1-24(2)18-20-40(14,15)35-29(8)36(46-34(43)23-32(41)38(9,10)11)27(6)28(7)37(35)45-33(42)19-21-39(12,13)30-16-17-31(26(5)22-30)44-25(3)4;;;/h1,5,16-18,22,25H,19-21,23H2,2-4,6-15H3;2*1H;/q;;;+2/p-2/b24-18-;;;. The van der Waals surface area contributed by atoms with Gasteiger partial charge in [0, 0.05) is 5.41 Å². The van der Waals surface area contributed by atoms with Crippen molar-refractivity contribution in [1.29, 1.82) is 0 Å². The van der Waals surface area contributed by atoms with Crippen LogP contribution in [0.2, 0.25) is 0 Å². The summed E-state index contributed by atoms with van der Waals surface area (Å²) in [5.41, 5.74) is 3.69. The van der Waals surface area contributed by atoms with Gasteiger partial charge in [-0.1, -0.05) is 46.3 Å². The van der Waals surface area contributed by atoms with Gasteiger partial charge in [-0.05, 0) is 34.1 Å². The zero-order valence-electron chi connectivity index (χ0n) is 31.4. The molecule has 49 heavy (non-hydrogen) atoms. The Hall–Kier alpha value is -2.34. The van der Waals surface area contributed by atoms with Crippen molar-refractivity contribution in [3.8, 4) is 17.2 Å². The summed E-state index contributed by atoms with van der Waals surface area (Å²) in [6, 6.07) is 5.98. The zero-order chi connectivity index (χ0) is 37.6. The first-order valence-electron chi connectivity index (χ1n) is 16.5. The summed E-state index contributed by atoms with van der Waals surface area (Å²) < 4.78 is 20.0. The second kappa shape index (κ2) is 17.3. The van der Waals surface area contributed by atoms with Gasteiger partial charge < -0.3 is 4.74 Å². The molecule has 0 amide bonds. The van der Waals surface area contributed by atoms with Crippen molar-refractivity contribution < 1.29 is 42.1 Å². The van der Waals surface area contributed by atoms with E-state index in [9.17, 15) is 14.4 Å². The third-order valence-electron chi connectivity index (χ3n) is 8.67. The molecule has 0 bridgehead atoms. The second-order valence-electron chi connectivity index (χ2n) is 15.4. The van der Waals surface area contributed by atoms with Crippen LogP contribution in [0.1, 0.15) is 128 Å². The fraction of sp³-hybridized carbons (Fsp3) is 0.525. The third-order valence-corrected chi connectivity index (χ3v) is 10.5. The third kappa shape index (κ3) is 12.1. The first-order valence-corrected chi connectivity index (χ1v) is 22.0. The van der Waals surface area contributed by atoms with Crippen LogP contribution in [0.25, 0.3) is 0 Å². The molecule has 0 N–H and O–H groups in total. The Morgan fingerprint density at radius 1 is 0.878 bits per heavy atom. The molecule has 2 aromatic rings. The minimum atomic E-state index is -2.12. The number of hydrogen-bond donors (Lipinski definition) is 0. The van der Waals surface area contributed by atoms with Crippen molar-refractivity contribution in [1.82, 2.24) is 0 Å². The Balaban J connectivity index is 2.50. The van der Waals surface area contributed by atoms with E-state index in [1.807, 2.05) is 84.3 Å². The van der Waals surface area contributed by atoms with Crippen molar-refractivity contribution in [3.05, 3.63) is 70.2 Å². The topological polar surface area (TPSA) is 78.9 Å². The first-order chi connectivity index (χ1) is 22.4. The summed E-state index contributed by atoms with van der Waals surface area (Å²) in [4.78, 5) is 39.2. The fourth-order valence-corrected chi connectivity index (χ4v) is 7.25. The Morgan fingerprint density at radius 3 is 1.98 bits per heavy atom. The monoisotopic (exact) mass is 802 g/mol. The van der Waals surface area contributed by atoms with Crippen molar-refractivity contribution in [2.45, 2.75) is 133 Å². The summed E-state index contributed by atoms with van der Waals surface area (Å²) in [5, 5.41) is 0. The van der Waals surface area contributed by atoms with Gasteiger partial charge >= 0.3 is 191 Å². The van der Waals surface area contributed by atoms with Gasteiger partial charge in [0.25, 0.3) is 0 Å². The van der Waals surface area contributed by atoms with E-state index in [0.717, 1.165) is 22.4 Å². The predicted molar refractivity (Wildman–Crippen MR) is 198 cm³/mol. The van der Waals surface area contributed by atoms with Crippen molar-refractivity contribution in [2.24, 2.45) is 5.41 Å². The number of benzene rings is 2. The first kappa shape index (κ1) is 42.8. The molecule has 0 atom stereocenters. The van der Waals surface area contributed by atoms with Crippen LogP contribution in [0, 0.1) is 33.1 Å². The molecule has 2 rings (SSSR count). The molecule has 2 aromatic carbocycles. The van der Waals surface area contributed by atoms with Crippen LogP contribution in [-0.2, 0) is 38.7 Å². The summed E-state index contributed by atoms with van der Waals surface area (Å²) >= 11 is -2.12. The average molecular weight is 803 g/mol. The van der Waals surface area contributed by atoms with Crippen molar-refractivity contribution in [2.75, 3.05) is 0 Å². The van der Waals surface area contributed by atoms with E-state index >= 15 is 0 Å². The molecule has 0 aromatic heterocycles. The molecule has 2 radical (unpaired) electrons. The van der Waals surface area contributed by atoms with Crippen LogP contribution in [-0.4, -0.2) is 28.4 Å². The molecule has 0 fully saturated rings. The molecule has 0 aliphatic carbocycles. The number of rotatable bonds is 14. The maximum absolute atomic E-state index is 13.6. The molecular formula is C40H54Cl2O6Ru. The quantitative estimate of drug-likeness (QED) is 0.0819. The number of esters is 2. The Morgan fingerprint density at radius 2 is 1.45 bits per heavy atom. The number of carbonyl (C=O) groups is 3. The molecule has 0 aliphatic rings. The summed E-state index contributed by atoms with van der Waals surface area (Å²) in [6.45, 7) is 30.9. The van der Waals surface area contributed by atoms with Gasteiger partial charge in [-0.3, -0.25) is 9.59 Å². The van der Waals surface area contributed by atoms with Crippen LogP contribution in [0.5, 0.6) is 17.2 Å². The Kier molecular flexibility index (Phi) is 15.1. The van der Waals surface area contributed by atoms with Crippen molar-refractivity contribution >= 4 is 41.7 Å². The Labute approximate surface area is 307 Å². The van der Waals surface area contributed by atoms with E-state index < -0.39 is 30.3 Å². The minimum absolute atomic E-state index is 0.00758. The fourth-order valence-electron chi connectivity index (χ4n) is 5.47. The molecule has 0 heterocycles. The summed E-state index contributed by atoms with van der Waals surface area (Å²) in [6.07, 6.45) is 2.81. The number of ketones is 1. The van der Waals surface area contributed by atoms with Crippen molar-refractivity contribution in [3.63, 3.8) is 0 Å². The molecule has 0 spiro atoms. The Bertz CT molecular complexity index is 1620. The van der Waals surface area contributed by atoms with Gasteiger partial charge in [0.2, 0.25) is 0 Å². The molecule has 0 aliphatic heterocycles. The van der Waals surface area contributed by atoms with Crippen LogP contribution >= 0.6 is 19.4 Å². The number of carbonyl (C=O) groups excluding carboxylic acids is 3. The van der Waals surface area contributed by atoms with Gasteiger partial charge in [0.05, 0.1) is 0 Å². The van der Waals surface area contributed by atoms with E-state index in [4.69, 9.17) is 40.5 Å². The van der Waals surface area contributed by atoms with Gasteiger partial charge in [-0.25, -0.2) is 0 Å². The van der Waals surface area contributed by atoms with Gasteiger partial charge in [0.15, 0.2) is 0 Å². The molecule has 0 unspecified atom stereocenters. The molecule has 0 saturated heterocycles. The molecule has 6 nitrogen and oxygen atoms in total. The summed E-state index contributed by atoms with van der Waals surface area (Å²) in [5.74, 6) is 0.334. The number of allylic oxidation sites excluding steroid dienone is 2. The maximum atomic E-state index is 13.6. The van der Waals surface area contributed by atoms with Gasteiger partial charge in [-0.15, -0.1) is 0 Å². The van der Waals surface area contributed by atoms with E-state index in [0.29, 0.717) is 46.6 Å². The van der Waals surface area contributed by atoms with Crippen LogP contribution in [0.15, 0.2) is 29.8 Å². The molecule has 0 saturated carbocycles. The average Bonchev–Trinajstić information content (AvgIpc) is 2.95. The van der Waals surface area contributed by atoms with E-state index in [1.165, 1.54) is 0 Å². The van der Waals surface area contributed by atoms with E-state index in [1.54, 1.807) is 20.8 Å². The zero-order valence-corrected chi connectivity index (χ0v) is 34.7. The number of halogens is 2. The second-order valence-corrected chi connectivity index (χ2v) is 21.1. The summed E-state index contributed by atoms with van der Waals surface area (Å²) in [7, 11) is 12.5. The van der Waals surface area contributed by atoms with E-state index in [2.05, 4.69) is 13.8 Å². The normalized spacial score (nSPS) is 12.9. The SMILES string of the molecule is [CH]/C(C)=C/CC(C)(C)c1c(C)c(OC(=O)CC(=O)C(C)(C)C)c(C)c(C)c1OC(=O)CCC(C)(C)c1ccc(OC(C)C)c([CH]=[Ru]([Cl])[Cl])c1. The number of hydrogen-bond acceptors (Lipinski definition) is 6. The number of ether oxygens (including phenoxy) is 3. The van der Waals surface area contributed by atoms with E-state index in [-0.39, 0.29) is 36.1 Å². The number of Topliss-reactive ketones (excluding diaryl/α,β-unsaturated/α-hetero) is 1. The molecule has 9 heteroatoms. The predicted octanol–water partition coefficient (Wildman–Crippen LogP) is 10.4. The molecule has 272 valence electrons. The van der Waals surface area contributed by atoms with Gasteiger partial charge in [-0.2, -0.15) is 0 Å².